The summed E-state index contributed by atoms with van der Waals surface area (Å²) in [6.45, 7) is 13.4. The van der Waals surface area contributed by atoms with Crippen LogP contribution in [-0.4, -0.2) is 31.1 Å². The number of nitrogens with two attached hydrogens (primary N) is 1. The zero-order chi connectivity index (χ0) is 11.4. The molecule has 0 aliphatic heterocycles. The summed E-state index contributed by atoms with van der Waals surface area (Å²) in [6.07, 6.45) is 1.25. The van der Waals surface area contributed by atoms with Crippen LogP contribution in [0.2, 0.25) is 0 Å². The van der Waals surface area contributed by atoms with Crippen LogP contribution >= 0.6 is 0 Å². The largest absolute Gasteiger partial charge is 0.327 e. The van der Waals surface area contributed by atoms with Gasteiger partial charge in [0.25, 0.3) is 0 Å². The van der Waals surface area contributed by atoms with Gasteiger partial charge in [-0.2, -0.15) is 0 Å². The molecule has 0 radical (unpaired) electrons. The van der Waals surface area contributed by atoms with Gasteiger partial charge in [-0.3, -0.25) is 0 Å². The molecule has 0 aliphatic carbocycles. The summed E-state index contributed by atoms with van der Waals surface area (Å²) in [5, 5.41) is 0. The van der Waals surface area contributed by atoms with Crippen LogP contribution in [0.15, 0.2) is 0 Å². The van der Waals surface area contributed by atoms with Crippen LogP contribution in [0.3, 0.4) is 0 Å². The predicted molar refractivity (Wildman–Crippen MR) is 64.4 cm³/mol. The molecule has 2 N–H and O–H groups in total. The van der Waals surface area contributed by atoms with E-state index in [9.17, 15) is 0 Å². The van der Waals surface area contributed by atoms with Crippen LogP contribution < -0.4 is 5.73 Å². The maximum atomic E-state index is 5.96. The molecular weight excluding hydrogens is 172 g/mol. The highest BCUT2D eigenvalue weighted by molar-refractivity contribution is 4.80. The van der Waals surface area contributed by atoms with Crippen molar-refractivity contribution < 1.29 is 0 Å². The van der Waals surface area contributed by atoms with E-state index in [0.717, 1.165) is 12.5 Å². The minimum atomic E-state index is 0.211. The summed E-state index contributed by atoms with van der Waals surface area (Å²) in [7, 11) is 2.19. The Morgan fingerprint density at radius 3 is 2.14 bits per heavy atom. The fraction of sp³-hybridized carbons (Fsp3) is 1.00. The molecule has 14 heavy (non-hydrogen) atoms. The highest BCUT2D eigenvalue weighted by Crippen LogP contribution is 2.20. The molecule has 0 aromatic heterocycles. The van der Waals surface area contributed by atoms with Crippen LogP contribution in [0.1, 0.15) is 41.0 Å². The lowest BCUT2D eigenvalue weighted by Crippen LogP contribution is -2.44. The molecule has 0 fully saturated rings. The zero-order valence-corrected chi connectivity index (χ0v) is 10.8. The average molecular weight is 200 g/mol. The van der Waals surface area contributed by atoms with Gasteiger partial charge in [0.05, 0.1) is 0 Å². The molecule has 2 unspecified atom stereocenters. The first-order valence-corrected chi connectivity index (χ1v) is 5.73. The van der Waals surface area contributed by atoms with Gasteiger partial charge >= 0.3 is 0 Å². The minimum Gasteiger partial charge on any atom is -0.327 e. The van der Waals surface area contributed by atoms with E-state index in [-0.39, 0.29) is 11.5 Å². The Hall–Kier alpha value is -0.0800. The van der Waals surface area contributed by atoms with Crippen molar-refractivity contribution in [2.24, 2.45) is 17.1 Å². The van der Waals surface area contributed by atoms with Crippen LogP contribution in [0.25, 0.3) is 0 Å². The van der Waals surface area contributed by atoms with Crippen molar-refractivity contribution >= 4 is 0 Å². The second kappa shape index (κ2) is 5.72. The Bertz CT molecular complexity index is 152. The highest BCUT2D eigenvalue weighted by Gasteiger charge is 2.24. The number of rotatable bonds is 6. The maximum absolute atomic E-state index is 5.96. The van der Waals surface area contributed by atoms with E-state index in [1.807, 2.05) is 0 Å². The quantitative estimate of drug-likeness (QED) is 0.713. The minimum absolute atomic E-state index is 0.211. The molecule has 0 bridgehead atoms. The fourth-order valence-corrected chi connectivity index (χ4v) is 1.57. The smallest absolute Gasteiger partial charge is 0.00739 e. The fourth-order valence-electron chi connectivity index (χ4n) is 1.57. The molecule has 0 aliphatic rings. The molecule has 0 spiro atoms. The molecule has 0 saturated carbocycles. The second-order valence-electron chi connectivity index (χ2n) is 5.49. The first kappa shape index (κ1) is 13.9. The maximum Gasteiger partial charge on any atom is 0.00739 e. The molecule has 0 aromatic rings. The van der Waals surface area contributed by atoms with Crippen LogP contribution in [0.4, 0.5) is 0 Å². The van der Waals surface area contributed by atoms with Gasteiger partial charge in [-0.15, -0.1) is 0 Å². The lowest BCUT2D eigenvalue weighted by atomic mass is 9.85. The molecule has 2 nitrogen and oxygen atoms in total. The molecule has 0 aromatic carbocycles. The second-order valence-corrected chi connectivity index (χ2v) is 5.49. The molecule has 0 rings (SSSR count). The first-order valence-electron chi connectivity index (χ1n) is 5.73. The van der Waals surface area contributed by atoms with Gasteiger partial charge in [-0.25, -0.2) is 0 Å². The SMILES string of the molecule is CCC(C)CN(C)CC(C)(C)C(C)N. The van der Waals surface area contributed by atoms with Crippen molar-refractivity contribution in [3.63, 3.8) is 0 Å². The monoisotopic (exact) mass is 200 g/mol. The summed E-state index contributed by atoms with van der Waals surface area (Å²) in [5.41, 5.74) is 6.17. The van der Waals surface area contributed by atoms with E-state index in [1.54, 1.807) is 0 Å². The molecule has 86 valence electrons. The summed E-state index contributed by atoms with van der Waals surface area (Å²) in [6, 6.07) is 0.252. The van der Waals surface area contributed by atoms with E-state index in [4.69, 9.17) is 5.73 Å². The van der Waals surface area contributed by atoms with Gasteiger partial charge in [0.1, 0.15) is 0 Å². The van der Waals surface area contributed by atoms with Crippen molar-refractivity contribution in [2.45, 2.75) is 47.1 Å². The van der Waals surface area contributed by atoms with Gasteiger partial charge in [-0.05, 0) is 25.3 Å². The predicted octanol–water partition coefficient (Wildman–Crippen LogP) is 2.34. The van der Waals surface area contributed by atoms with E-state index in [1.165, 1.54) is 13.0 Å². The Labute approximate surface area is 89.9 Å². The third kappa shape index (κ3) is 4.97. The van der Waals surface area contributed by atoms with E-state index < -0.39 is 0 Å². The van der Waals surface area contributed by atoms with Gasteiger partial charge in [0, 0.05) is 19.1 Å². The summed E-state index contributed by atoms with van der Waals surface area (Å²) in [5.74, 6) is 0.781. The van der Waals surface area contributed by atoms with Gasteiger partial charge in [-0.1, -0.05) is 34.1 Å². The van der Waals surface area contributed by atoms with Gasteiger partial charge in [0.2, 0.25) is 0 Å². The third-order valence-electron chi connectivity index (χ3n) is 3.23. The first-order chi connectivity index (χ1) is 6.29. The Kier molecular flexibility index (Phi) is 5.68. The molecular formula is C12H28N2. The summed E-state index contributed by atoms with van der Waals surface area (Å²) < 4.78 is 0. The topological polar surface area (TPSA) is 29.3 Å². The van der Waals surface area contributed by atoms with Crippen molar-refractivity contribution in [1.29, 1.82) is 0 Å². The normalized spacial score (nSPS) is 17.1. The van der Waals surface area contributed by atoms with Crippen molar-refractivity contribution in [1.82, 2.24) is 4.90 Å². The van der Waals surface area contributed by atoms with Gasteiger partial charge in [0.15, 0.2) is 0 Å². The zero-order valence-electron chi connectivity index (χ0n) is 10.8. The van der Waals surface area contributed by atoms with E-state index >= 15 is 0 Å². The van der Waals surface area contributed by atoms with Crippen molar-refractivity contribution in [2.75, 3.05) is 20.1 Å². The molecule has 0 heterocycles. The highest BCUT2D eigenvalue weighted by atomic mass is 15.1. The molecule has 2 heteroatoms. The van der Waals surface area contributed by atoms with Crippen molar-refractivity contribution in [3.8, 4) is 0 Å². The molecule has 2 atom stereocenters. The Morgan fingerprint density at radius 1 is 1.29 bits per heavy atom. The summed E-state index contributed by atoms with van der Waals surface area (Å²) in [4.78, 5) is 2.40. The number of hydrogen-bond acceptors (Lipinski definition) is 2. The lowest BCUT2D eigenvalue weighted by molar-refractivity contribution is 0.167. The molecule has 0 saturated heterocycles. The van der Waals surface area contributed by atoms with E-state index in [0.29, 0.717) is 0 Å². The van der Waals surface area contributed by atoms with Crippen LogP contribution in [0.5, 0.6) is 0 Å². The van der Waals surface area contributed by atoms with Crippen LogP contribution in [0, 0.1) is 11.3 Å². The average Bonchev–Trinajstić information content (AvgIpc) is 2.02. The van der Waals surface area contributed by atoms with Gasteiger partial charge < -0.3 is 10.6 Å². The summed E-state index contributed by atoms with van der Waals surface area (Å²) >= 11 is 0. The van der Waals surface area contributed by atoms with E-state index in [2.05, 4.69) is 46.6 Å². The third-order valence-corrected chi connectivity index (χ3v) is 3.23. The standard InChI is InChI=1S/C12H28N2/c1-7-10(2)8-14(6)9-12(4,5)11(3)13/h10-11H,7-9,13H2,1-6H3. The number of hydrogen-bond donors (Lipinski definition) is 1. The Morgan fingerprint density at radius 2 is 1.79 bits per heavy atom. The van der Waals surface area contributed by atoms with Crippen LogP contribution in [-0.2, 0) is 0 Å². The molecule has 0 amide bonds. The number of nitrogens with zero attached hydrogens (tertiary/aromatic N) is 1. The lowest BCUT2D eigenvalue weighted by Gasteiger charge is -2.34. The van der Waals surface area contributed by atoms with Crippen molar-refractivity contribution in [3.05, 3.63) is 0 Å². The Balaban J connectivity index is 3.98.